The first-order chi connectivity index (χ1) is 10.4. The lowest BCUT2D eigenvalue weighted by molar-refractivity contribution is 0.0926. The maximum Gasteiger partial charge on any atom is 0.332 e. The van der Waals surface area contributed by atoms with Crippen LogP contribution < -0.4 is 17.0 Å². The molecule has 0 aliphatic heterocycles. The third-order valence-electron chi connectivity index (χ3n) is 4.13. The molecule has 0 bridgehead atoms. The smallest absolute Gasteiger partial charge is 0.332 e. The second-order valence-corrected chi connectivity index (χ2v) is 5.78. The van der Waals surface area contributed by atoms with Crippen LogP contribution in [0.15, 0.2) is 9.59 Å². The lowest BCUT2D eigenvalue weighted by Gasteiger charge is -2.20. The fourth-order valence-corrected chi connectivity index (χ4v) is 2.69. The van der Waals surface area contributed by atoms with Crippen LogP contribution in [0.3, 0.4) is 0 Å². The summed E-state index contributed by atoms with van der Waals surface area (Å²) in [5, 5.41) is 0. The third kappa shape index (κ3) is 2.99. The Morgan fingerprint density at radius 2 is 1.95 bits per heavy atom. The van der Waals surface area contributed by atoms with Crippen LogP contribution in [0.5, 0.6) is 0 Å². The molecule has 1 aliphatic carbocycles. The predicted molar refractivity (Wildman–Crippen MR) is 85.2 cm³/mol. The summed E-state index contributed by atoms with van der Waals surface area (Å²) in [5.74, 6) is -0.316. The quantitative estimate of drug-likeness (QED) is 0.727. The lowest BCUT2D eigenvalue weighted by Crippen LogP contribution is -2.44. The third-order valence-corrected chi connectivity index (χ3v) is 4.13. The van der Waals surface area contributed by atoms with E-state index in [-0.39, 0.29) is 23.7 Å². The van der Waals surface area contributed by atoms with Crippen molar-refractivity contribution in [2.75, 3.05) is 18.8 Å². The molecule has 1 heterocycles. The van der Waals surface area contributed by atoms with E-state index in [1.807, 2.05) is 13.8 Å². The number of likely N-dealkylation sites (N-methyl/N-ethyl adjacent to an activating group) is 1. The molecule has 0 amide bonds. The number of nitrogens with zero attached hydrogens (tertiary/aromatic N) is 3. The molecule has 7 heteroatoms. The van der Waals surface area contributed by atoms with E-state index in [0.29, 0.717) is 19.0 Å². The van der Waals surface area contributed by atoms with Crippen LogP contribution in [0.1, 0.15) is 43.5 Å². The highest BCUT2D eigenvalue weighted by molar-refractivity contribution is 6.01. The number of Topliss-reactive ketones (excluding diaryl/α,β-unsaturated/α-hetero) is 1. The highest BCUT2D eigenvalue weighted by Gasteiger charge is 2.31. The Labute approximate surface area is 129 Å². The van der Waals surface area contributed by atoms with E-state index in [0.717, 1.165) is 24.0 Å². The molecule has 0 saturated heterocycles. The normalized spacial score (nSPS) is 14.5. The largest absolute Gasteiger partial charge is 0.384 e. The molecule has 0 radical (unpaired) electrons. The fraction of sp³-hybridized carbons (Fsp3) is 0.667. The molecule has 1 aromatic heterocycles. The SMILES string of the molecule is CCCn1c(N)c(C(=O)CN(CC)C2CC2)c(=O)n(C)c1=O. The zero-order valence-electron chi connectivity index (χ0n) is 13.5. The van der Waals surface area contributed by atoms with E-state index in [1.165, 1.54) is 11.6 Å². The average Bonchev–Trinajstić information content (AvgIpc) is 3.32. The highest BCUT2D eigenvalue weighted by Crippen LogP contribution is 2.26. The van der Waals surface area contributed by atoms with E-state index in [1.54, 1.807) is 0 Å². The molecular weight excluding hydrogens is 284 g/mol. The Kier molecular flexibility index (Phi) is 4.85. The summed E-state index contributed by atoms with van der Waals surface area (Å²) in [6.07, 6.45) is 2.87. The number of aromatic nitrogens is 2. The molecule has 2 N–H and O–H groups in total. The minimum absolute atomic E-state index is 0.00759. The number of nitrogens with two attached hydrogens (primary N) is 1. The van der Waals surface area contributed by atoms with Crippen LogP contribution >= 0.6 is 0 Å². The summed E-state index contributed by atoms with van der Waals surface area (Å²) < 4.78 is 2.27. The van der Waals surface area contributed by atoms with Gasteiger partial charge >= 0.3 is 5.69 Å². The number of carbonyl (C=O) groups excluding carboxylic acids is 1. The van der Waals surface area contributed by atoms with Gasteiger partial charge in [0.2, 0.25) is 0 Å². The van der Waals surface area contributed by atoms with Crippen LogP contribution in [0.2, 0.25) is 0 Å². The van der Waals surface area contributed by atoms with E-state index >= 15 is 0 Å². The molecule has 22 heavy (non-hydrogen) atoms. The van der Waals surface area contributed by atoms with Crippen molar-refractivity contribution in [2.45, 2.75) is 45.7 Å². The van der Waals surface area contributed by atoms with Gasteiger partial charge in [0, 0.05) is 19.6 Å². The Bertz CT molecular complexity index is 685. The predicted octanol–water partition coefficient (Wildman–Crippen LogP) is 0.206. The topological polar surface area (TPSA) is 90.3 Å². The molecule has 0 atom stereocenters. The van der Waals surface area contributed by atoms with E-state index < -0.39 is 11.2 Å². The first-order valence-electron chi connectivity index (χ1n) is 7.78. The summed E-state index contributed by atoms with van der Waals surface area (Å²) >= 11 is 0. The van der Waals surface area contributed by atoms with Gasteiger partial charge in [0.15, 0.2) is 5.78 Å². The van der Waals surface area contributed by atoms with E-state index in [2.05, 4.69) is 4.90 Å². The molecule has 7 nitrogen and oxygen atoms in total. The van der Waals surface area contributed by atoms with Gasteiger partial charge < -0.3 is 5.73 Å². The minimum atomic E-state index is -0.605. The van der Waals surface area contributed by atoms with Crippen LogP contribution in [-0.4, -0.2) is 38.9 Å². The van der Waals surface area contributed by atoms with Crippen molar-refractivity contribution in [2.24, 2.45) is 7.05 Å². The van der Waals surface area contributed by atoms with E-state index in [9.17, 15) is 14.4 Å². The monoisotopic (exact) mass is 308 g/mol. The first-order valence-corrected chi connectivity index (χ1v) is 7.78. The zero-order valence-corrected chi connectivity index (χ0v) is 13.5. The maximum absolute atomic E-state index is 12.6. The molecule has 1 fully saturated rings. The highest BCUT2D eigenvalue weighted by atomic mass is 16.2. The van der Waals surface area contributed by atoms with Crippen LogP contribution in [0.4, 0.5) is 5.82 Å². The molecule has 0 spiro atoms. The standard InChI is InChI=1S/C15H24N4O3/c1-4-8-19-13(16)12(14(21)17(3)15(19)22)11(20)9-18(5-2)10-6-7-10/h10H,4-9,16H2,1-3H3. The molecule has 2 rings (SSSR count). The van der Waals surface area contributed by atoms with Gasteiger partial charge in [0.1, 0.15) is 11.4 Å². The van der Waals surface area contributed by atoms with Crippen molar-refractivity contribution in [3.05, 3.63) is 26.4 Å². The lowest BCUT2D eigenvalue weighted by atomic mass is 10.1. The fourth-order valence-electron chi connectivity index (χ4n) is 2.69. The molecule has 1 aromatic rings. The number of anilines is 1. The van der Waals surface area contributed by atoms with Crippen molar-refractivity contribution in [1.29, 1.82) is 0 Å². The van der Waals surface area contributed by atoms with Gasteiger partial charge in [-0.05, 0) is 25.8 Å². The maximum atomic E-state index is 12.6. The van der Waals surface area contributed by atoms with Gasteiger partial charge in [-0.1, -0.05) is 13.8 Å². The minimum Gasteiger partial charge on any atom is -0.384 e. The summed E-state index contributed by atoms with van der Waals surface area (Å²) in [4.78, 5) is 39.0. The van der Waals surface area contributed by atoms with Gasteiger partial charge in [0.05, 0.1) is 6.54 Å². The van der Waals surface area contributed by atoms with Gasteiger partial charge in [-0.25, -0.2) is 4.79 Å². The summed E-state index contributed by atoms with van der Waals surface area (Å²) in [6.45, 7) is 5.21. The Morgan fingerprint density at radius 3 is 2.45 bits per heavy atom. The number of rotatable bonds is 7. The second-order valence-electron chi connectivity index (χ2n) is 5.78. The Morgan fingerprint density at radius 1 is 1.32 bits per heavy atom. The van der Waals surface area contributed by atoms with E-state index in [4.69, 9.17) is 5.73 Å². The van der Waals surface area contributed by atoms with Crippen molar-refractivity contribution >= 4 is 11.6 Å². The van der Waals surface area contributed by atoms with Crippen LogP contribution in [0.25, 0.3) is 0 Å². The number of hydrogen-bond acceptors (Lipinski definition) is 5. The number of carbonyl (C=O) groups is 1. The van der Waals surface area contributed by atoms with Gasteiger partial charge in [0.25, 0.3) is 5.56 Å². The Balaban J connectivity index is 2.43. The van der Waals surface area contributed by atoms with Crippen molar-refractivity contribution in [3.8, 4) is 0 Å². The average molecular weight is 308 g/mol. The number of nitrogen functional groups attached to an aromatic ring is 1. The molecular formula is C15H24N4O3. The molecule has 0 unspecified atom stereocenters. The number of hydrogen-bond donors (Lipinski definition) is 1. The van der Waals surface area contributed by atoms with Gasteiger partial charge in [-0.3, -0.25) is 23.6 Å². The summed E-state index contributed by atoms with van der Waals surface area (Å²) in [5.41, 5.74) is 4.82. The summed E-state index contributed by atoms with van der Waals surface area (Å²) in [7, 11) is 1.38. The van der Waals surface area contributed by atoms with Gasteiger partial charge in [-0.2, -0.15) is 0 Å². The molecule has 122 valence electrons. The van der Waals surface area contributed by atoms with Gasteiger partial charge in [-0.15, -0.1) is 0 Å². The first kappa shape index (κ1) is 16.5. The van der Waals surface area contributed by atoms with Crippen molar-refractivity contribution in [3.63, 3.8) is 0 Å². The number of ketones is 1. The molecule has 1 saturated carbocycles. The van der Waals surface area contributed by atoms with Crippen molar-refractivity contribution in [1.82, 2.24) is 14.0 Å². The zero-order chi connectivity index (χ0) is 16.4. The molecule has 0 aromatic carbocycles. The molecule has 1 aliphatic rings. The van der Waals surface area contributed by atoms with Crippen LogP contribution in [-0.2, 0) is 13.6 Å². The second kappa shape index (κ2) is 6.48. The summed E-state index contributed by atoms with van der Waals surface area (Å²) in [6, 6.07) is 0.431. The van der Waals surface area contributed by atoms with Crippen molar-refractivity contribution < 1.29 is 4.79 Å². The van der Waals surface area contributed by atoms with Crippen LogP contribution in [0, 0.1) is 0 Å². The Hall–Kier alpha value is -1.89.